The number of nitrogens with one attached hydrogen (secondary N) is 2. The minimum Gasteiger partial charge on any atom is -0.412 e. The van der Waals surface area contributed by atoms with Gasteiger partial charge in [0.2, 0.25) is 0 Å². The molecule has 0 amide bonds. The molecule has 0 aliphatic rings. The zero-order chi connectivity index (χ0) is 11.7. The molecular formula is C9H16ClN5O3. The largest absolute Gasteiger partial charge is 0.412 e. The molecular weight excluding hydrogens is 262 g/mol. The third-order valence-electron chi connectivity index (χ3n) is 2.30. The van der Waals surface area contributed by atoms with Crippen molar-refractivity contribution >= 4 is 23.6 Å². The molecule has 102 valence electrons. The van der Waals surface area contributed by atoms with Gasteiger partial charge in [0.25, 0.3) is 5.56 Å². The first-order valence-corrected chi connectivity index (χ1v) is 4.90. The summed E-state index contributed by atoms with van der Waals surface area (Å²) >= 11 is 0. The van der Waals surface area contributed by atoms with Crippen molar-refractivity contribution in [1.29, 1.82) is 0 Å². The predicted molar refractivity (Wildman–Crippen MR) is 70.4 cm³/mol. The zero-order valence-corrected chi connectivity index (χ0v) is 10.9. The lowest BCUT2D eigenvalue weighted by Gasteiger charge is -2.09. The highest BCUT2D eigenvalue weighted by Crippen LogP contribution is 2.01. The lowest BCUT2D eigenvalue weighted by Crippen LogP contribution is -2.25. The molecule has 4 N–H and O–H groups in total. The molecule has 0 spiro atoms. The van der Waals surface area contributed by atoms with E-state index in [0.29, 0.717) is 17.7 Å². The summed E-state index contributed by atoms with van der Waals surface area (Å²) in [5, 5.41) is 0. The normalized spacial score (nSPS) is 10.2. The van der Waals surface area contributed by atoms with Crippen molar-refractivity contribution in [3.63, 3.8) is 0 Å². The minimum atomic E-state index is -0.532. The number of hydrogen-bond acceptors (Lipinski definition) is 4. The summed E-state index contributed by atoms with van der Waals surface area (Å²) in [7, 11) is 3.90. The van der Waals surface area contributed by atoms with E-state index in [4.69, 9.17) is 0 Å². The van der Waals surface area contributed by atoms with E-state index < -0.39 is 11.2 Å². The van der Waals surface area contributed by atoms with E-state index in [1.165, 1.54) is 0 Å². The standard InChI is InChI=1S/C9H13N5O2.ClH.H2O/c1-13(2)3-4-14-5-10-7-6(14)8(15)12-9(16)11-7;;/h5H,3-4H2,1-2H3,(H2,11,12,15,16);1H;1H2. The Morgan fingerprint density at radius 2 is 2.00 bits per heavy atom. The number of rotatable bonds is 3. The molecule has 9 heteroatoms. The van der Waals surface area contributed by atoms with Crippen molar-refractivity contribution in [2.75, 3.05) is 20.6 Å². The number of likely N-dealkylation sites (N-methyl/N-ethyl adjacent to an activating group) is 1. The maximum atomic E-state index is 11.6. The Kier molecular flexibility index (Phi) is 5.76. The first kappa shape index (κ1) is 16.4. The highest BCUT2D eigenvalue weighted by Gasteiger charge is 2.07. The maximum Gasteiger partial charge on any atom is 0.327 e. The van der Waals surface area contributed by atoms with Crippen molar-refractivity contribution in [3.05, 3.63) is 27.2 Å². The maximum absolute atomic E-state index is 11.6. The molecule has 0 bridgehead atoms. The van der Waals surface area contributed by atoms with E-state index in [1.807, 2.05) is 19.0 Å². The topological polar surface area (TPSA) is 118 Å². The molecule has 0 aromatic carbocycles. The van der Waals surface area contributed by atoms with Crippen LogP contribution in [0.2, 0.25) is 0 Å². The number of halogens is 1. The Balaban J connectivity index is 0.00000144. The van der Waals surface area contributed by atoms with Gasteiger partial charge in [0.05, 0.1) is 6.33 Å². The fraction of sp³-hybridized carbons (Fsp3) is 0.444. The van der Waals surface area contributed by atoms with Crippen molar-refractivity contribution in [1.82, 2.24) is 24.4 Å². The van der Waals surface area contributed by atoms with Gasteiger partial charge in [0.15, 0.2) is 11.2 Å². The third-order valence-corrected chi connectivity index (χ3v) is 2.30. The Morgan fingerprint density at radius 3 is 2.61 bits per heavy atom. The van der Waals surface area contributed by atoms with E-state index in [0.717, 1.165) is 6.54 Å². The van der Waals surface area contributed by atoms with Gasteiger partial charge in [0.1, 0.15) is 0 Å². The van der Waals surface area contributed by atoms with Gasteiger partial charge in [-0.25, -0.2) is 9.78 Å². The van der Waals surface area contributed by atoms with Crippen LogP contribution >= 0.6 is 12.4 Å². The molecule has 2 rings (SSSR count). The first-order valence-electron chi connectivity index (χ1n) is 4.90. The van der Waals surface area contributed by atoms with Gasteiger partial charge < -0.3 is 14.9 Å². The molecule has 0 saturated heterocycles. The lowest BCUT2D eigenvalue weighted by atomic mass is 10.5. The summed E-state index contributed by atoms with van der Waals surface area (Å²) in [4.78, 5) is 33.2. The summed E-state index contributed by atoms with van der Waals surface area (Å²) < 4.78 is 1.73. The minimum absolute atomic E-state index is 0. The van der Waals surface area contributed by atoms with Crippen molar-refractivity contribution in [2.45, 2.75) is 6.54 Å². The van der Waals surface area contributed by atoms with Crippen molar-refractivity contribution < 1.29 is 5.48 Å². The zero-order valence-electron chi connectivity index (χ0n) is 10.1. The number of hydrogen-bond donors (Lipinski definition) is 2. The molecule has 0 radical (unpaired) electrons. The van der Waals surface area contributed by atoms with E-state index in [2.05, 4.69) is 15.0 Å². The number of aromatic nitrogens is 4. The summed E-state index contributed by atoms with van der Waals surface area (Å²) in [6, 6.07) is 0. The van der Waals surface area contributed by atoms with Crippen LogP contribution in [0, 0.1) is 0 Å². The van der Waals surface area contributed by atoms with Crippen LogP contribution in [0.15, 0.2) is 15.9 Å². The van der Waals surface area contributed by atoms with Crippen LogP contribution in [0.25, 0.3) is 11.2 Å². The number of nitrogens with zero attached hydrogens (tertiary/aromatic N) is 3. The molecule has 0 unspecified atom stereocenters. The molecule has 8 nitrogen and oxygen atoms in total. The summed E-state index contributed by atoms with van der Waals surface area (Å²) in [5.74, 6) is 0. The number of H-pyrrole nitrogens is 2. The molecule has 0 atom stereocenters. The van der Waals surface area contributed by atoms with Gasteiger partial charge in [-0.1, -0.05) is 0 Å². The molecule has 0 aliphatic carbocycles. The van der Waals surface area contributed by atoms with E-state index >= 15 is 0 Å². The molecule has 0 fully saturated rings. The van der Waals surface area contributed by atoms with Gasteiger partial charge in [-0.05, 0) is 14.1 Å². The summed E-state index contributed by atoms with van der Waals surface area (Å²) in [6.07, 6.45) is 1.55. The average molecular weight is 278 g/mol. The Bertz CT molecular complexity index is 614. The predicted octanol–water partition coefficient (Wildman–Crippen LogP) is -1.43. The quantitative estimate of drug-likeness (QED) is 0.715. The van der Waals surface area contributed by atoms with E-state index in [9.17, 15) is 9.59 Å². The molecule has 0 saturated carbocycles. The van der Waals surface area contributed by atoms with Crippen LogP contribution in [0.3, 0.4) is 0 Å². The van der Waals surface area contributed by atoms with Crippen LogP contribution in [0.5, 0.6) is 0 Å². The van der Waals surface area contributed by atoms with Crippen LogP contribution in [-0.2, 0) is 6.54 Å². The second kappa shape index (κ2) is 6.34. The van der Waals surface area contributed by atoms with E-state index in [-0.39, 0.29) is 17.9 Å². The van der Waals surface area contributed by atoms with Crippen molar-refractivity contribution in [3.8, 4) is 0 Å². The van der Waals surface area contributed by atoms with Gasteiger partial charge in [0, 0.05) is 13.1 Å². The van der Waals surface area contributed by atoms with E-state index in [1.54, 1.807) is 10.9 Å². The molecule has 2 heterocycles. The Hall–Kier alpha value is -1.64. The Morgan fingerprint density at radius 1 is 1.33 bits per heavy atom. The fourth-order valence-electron chi connectivity index (χ4n) is 1.49. The number of fused-ring (bicyclic) bond motifs is 1. The number of imidazole rings is 1. The van der Waals surface area contributed by atoms with Crippen molar-refractivity contribution in [2.24, 2.45) is 0 Å². The smallest absolute Gasteiger partial charge is 0.327 e. The second-order valence-corrected chi connectivity index (χ2v) is 3.85. The molecule has 2 aromatic heterocycles. The summed E-state index contributed by atoms with van der Waals surface area (Å²) in [5.41, 5.74) is -0.209. The lowest BCUT2D eigenvalue weighted by molar-refractivity contribution is 0.386. The van der Waals surface area contributed by atoms with Crippen LogP contribution in [-0.4, -0.2) is 50.5 Å². The van der Waals surface area contributed by atoms with Gasteiger partial charge in [-0.3, -0.25) is 14.8 Å². The third kappa shape index (κ3) is 3.19. The number of aromatic amines is 2. The average Bonchev–Trinajstić information content (AvgIpc) is 2.57. The van der Waals surface area contributed by atoms with Gasteiger partial charge >= 0.3 is 5.69 Å². The first-order chi connectivity index (χ1) is 7.58. The van der Waals surface area contributed by atoms with Crippen LogP contribution < -0.4 is 11.2 Å². The molecule has 0 aliphatic heterocycles. The fourth-order valence-corrected chi connectivity index (χ4v) is 1.49. The van der Waals surface area contributed by atoms with Gasteiger partial charge in [-0.15, -0.1) is 12.4 Å². The summed E-state index contributed by atoms with van der Waals surface area (Å²) in [6.45, 7) is 1.45. The monoisotopic (exact) mass is 277 g/mol. The molecule has 18 heavy (non-hydrogen) atoms. The molecule has 2 aromatic rings. The van der Waals surface area contributed by atoms with Crippen LogP contribution in [0.4, 0.5) is 0 Å². The van der Waals surface area contributed by atoms with Gasteiger partial charge in [-0.2, -0.15) is 0 Å². The highest BCUT2D eigenvalue weighted by atomic mass is 35.5. The Labute approximate surface area is 108 Å². The highest BCUT2D eigenvalue weighted by molar-refractivity contribution is 5.85. The van der Waals surface area contributed by atoms with Crippen LogP contribution in [0.1, 0.15) is 0 Å². The SMILES string of the molecule is CN(C)CCn1cnc2[nH]c(=O)[nH]c(=O)c21.Cl.O. The second-order valence-electron chi connectivity index (χ2n) is 3.85.